The molecule has 0 saturated heterocycles. The van der Waals surface area contributed by atoms with E-state index in [0.717, 1.165) is 116 Å². The highest BCUT2D eigenvalue weighted by molar-refractivity contribution is 7.47. The molecule has 19 heteroatoms. The highest BCUT2D eigenvalue weighted by atomic mass is 31.2. The number of carbonyl (C=O) groups is 4. The second-order valence-electron chi connectivity index (χ2n) is 28.6. The second-order valence-corrected chi connectivity index (χ2v) is 31.5. The van der Waals surface area contributed by atoms with Gasteiger partial charge in [0.15, 0.2) is 12.2 Å². The SMILES string of the molecule is CCCCCC/C=C\C=C/CCCCCCCC(=O)OC[C@H](COP(=O)(O)OC[C@@H](O)COP(=O)(O)OC[C@@H](COC(=O)CCCCCCCCCC(C)C)OC(=O)CCCCCCCCCCCCCCCC)OC(=O)CCCCCCCCCCCCCCCCCCCCCC. The van der Waals surface area contributed by atoms with Gasteiger partial charge < -0.3 is 33.8 Å². The summed E-state index contributed by atoms with van der Waals surface area (Å²) in [4.78, 5) is 72.9. The topological polar surface area (TPSA) is 237 Å². The fourth-order valence-corrected chi connectivity index (χ4v) is 13.4. The summed E-state index contributed by atoms with van der Waals surface area (Å²) in [7, 11) is -9.93. The third kappa shape index (κ3) is 73.6. The molecule has 0 aromatic rings. The lowest BCUT2D eigenvalue weighted by atomic mass is 10.0. The molecule has 0 bridgehead atoms. The first kappa shape index (κ1) is 96.5. The molecule has 0 heterocycles. The Morgan fingerprint density at radius 1 is 0.313 bits per heavy atom. The van der Waals surface area contributed by atoms with Crippen LogP contribution in [-0.2, 0) is 65.4 Å². The Labute approximate surface area is 605 Å². The largest absolute Gasteiger partial charge is 0.472 e. The van der Waals surface area contributed by atoms with E-state index in [1.165, 1.54) is 199 Å². The summed E-state index contributed by atoms with van der Waals surface area (Å²) < 4.78 is 68.6. The summed E-state index contributed by atoms with van der Waals surface area (Å²) in [6.45, 7) is 7.20. The van der Waals surface area contributed by atoms with Crippen molar-refractivity contribution in [1.29, 1.82) is 0 Å². The highest BCUT2D eigenvalue weighted by Gasteiger charge is 2.30. The van der Waals surface area contributed by atoms with Crippen LogP contribution in [-0.4, -0.2) is 96.7 Å². The van der Waals surface area contributed by atoms with E-state index in [1.807, 2.05) is 0 Å². The van der Waals surface area contributed by atoms with Crippen LogP contribution in [0.5, 0.6) is 0 Å². The van der Waals surface area contributed by atoms with Crippen LogP contribution < -0.4 is 0 Å². The zero-order valence-electron chi connectivity index (χ0n) is 64.1. The third-order valence-corrected chi connectivity index (χ3v) is 20.1. The van der Waals surface area contributed by atoms with Crippen molar-refractivity contribution in [2.75, 3.05) is 39.6 Å². The van der Waals surface area contributed by atoms with E-state index < -0.39 is 97.5 Å². The predicted molar refractivity (Wildman–Crippen MR) is 404 cm³/mol. The average Bonchev–Trinajstić information content (AvgIpc) is 0.993. The van der Waals surface area contributed by atoms with Gasteiger partial charge in [-0.05, 0) is 57.3 Å². The fourth-order valence-electron chi connectivity index (χ4n) is 11.9. The van der Waals surface area contributed by atoms with Gasteiger partial charge in [-0.25, -0.2) is 9.13 Å². The lowest BCUT2D eigenvalue weighted by molar-refractivity contribution is -0.161. The number of esters is 4. The molecule has 5 atom stereocenters. The Balaban J connectivity index is 5.26. The number of hydrogen-bond donors (Lipinski definition) is 3. The normalized spacial score (nSPS) is 14.0. The van der Waals surface area contributed by atoms with Crippen molar-refractivity contribution in [1.82, 2.24) is 0 Å². The zero-order valence-corrected chi connectivity index (χ0v) is 65.9. The van der Waals surface area contributed by atoms with Crippen LogP contribution in [0.1, 0.15) is 401 Å². The van der Waals surface area contributed by atoms with Gasteiger partial charge in [0, 0.05) is 25.7 Å². The van der Waals surface area contributed by atoms with Crippen LogP contribution in [0.3, 0.4) is 0 Å². The number of carbonyl (C=O) groups excluding carboxylic acids is 4. The van der Waals surface area contributed by atoms with E-state index in [9.17, 15) is 43.2 Å². The molecular formula is C80H152O17P2. The minimum Gasteiger partial charge on any atom is -0.462 e. The van der Waals surface area contributed by atoms with Crippen molar-refractivity contribution in [2.45, 2.75) is 419 Å². The van der Waals surface area contributed by atoms with Gasteiger partial charge in [-0.2, -0.15) is 0 Å². The number of allylic oxidation sites excluding steroid dienone is 4. The quantitative estimate of drug-likeness (QED) is 0.0169. The van der Waals surface area contributed by atoms with Crippen molar-refractivity contribution in [3.8, 4) is 0 Å². The van der Waals surface area contributed by atoms with Crippen LogP contribution >= 0.6 is 15.6 Å². The van der Waals surface area contributed by atoms with Gasteiger partial charge in [0.25, 0.3) is 0 Å². The van der Waals surface area contributed by atoms with Crippen molar-refractivity contribution >= 4 is 39.5 Å². The number of aliphatic hydroxyl groups excluding tert-OH is 1. The Bertz CT molecular complexity index is 1990. The van der Waals surface area contributed by atoms with Gasteiger partial charge in [-0.3, -0.25) is 37.3 Å². The van der Waals surface area contributed by atoms with E-state index in [1.54, 1.807) is 0 Å². The molecule has 99 heavy (non-hydrogen) atoms. The third-order valence-electron chi connectivity index (χ3n) is 18.2. The molecule has 0 aliphatic heterocycles. The molecule has 3 N–H and O–H groups in total. The molecule has 0 aromatic carbocycles. The molecule has 0 aliphatic rings. The number of rotatable bonds is 78. The lowest BCUT2D eigenvalue weighted by Gasteiger charge is -2.21. The number of ether oxygens (including phenoxy) is 4. The molecule has 584 valence electrons. The van der Waals surface area contributed by atoms with Crippen LogP contribution in [0.15, 0.2) is 24.3 Å². The Morgan fingerprint density at radius 3 is 0.828 bits per heavy atom. The van der Waals surface area contributed by atoms with E-state index in [2.05, 4.69) is 58.9 Å². The minimum atomic E-state index is -4.97. The number of phosphoric acid groups is 2. The second kappa shape index (κ2) is 72.5. The highest BCUT2D eigenvalue weighted by Crippen LogP contribution is 2.45. The van der Waals surface area contributed by atoms with Gasteiger partial charge in [-0.1, -0.05) is 348 Å². The molecular weight excluding hydrogens is 1290 g/mol. The summed E-state index contributed by atoms with van der Waals surface area (Å²) in [5.41, 5.74) is 0. The smallest absolute Gasteiger partial charge is 0.462 e. The summed E-state index contributed by atoms with van der Waals surface area (Å²) in [5.74, 6) is -1.44. The first-order valence-corrected chi connectivity index (χ1v) is 43.9. The molecule has 0 saturated carbocycles. The first-order chi connectivity index (χ1) is 48.0. The molecule has 2 unspecified atom stereocenters. The Kier molecular flexibility index (Phi) is 70.7. The Hall–Kier alpha value is -2.46. The van der Waals surface area contributed by atoms with Crippen LogP contribution in [0, 0.1) is 5.92 Å². The predicted octanol–water partition coefficient (Wildman–Crippen LogP) is 23.6. The monoisotopic (exact) mass is 1450 g/mol. The van der Waals surface area contributed by atoms with E-state index in [4.69, 9.17) is 37.0 Å². The molecule has 0 spiro atoms. The van der Waals surface area contributed by atoms with Gasteiger partial charge in [0.1, 0.15) is 19.3 Å². The number of aliphatic hydroxyl groups is 1. The number of unbranched alkanes of at least 4 members (excludes halogenated alkanes) is 47. The van der Waals surface area contributed by atoms with E-state index >= 15 is 0 Å². The van der Waals surface area contributed by atoms with Crippen LogP contribution in [0.2, 0.25) is 0 Å². The van der Waals surface area contributed by atoms with Gasteiger partial charge in [-0.15, -0.1) is 0 Å². The van der Waals surface area contributed by atoms with Crippen molar-refractivity contribution in [3.63, 3.8) is 0 Å². The molecule has 0 aliphatic carbocycles. The summed E-state index contributed by atoms with van der Waals surface area (Å²) in [6, 6.07) is 0. The zero-order chi connectivity index (χ0) is 72.7. The fraction of sp³-hybridized carbons (Fsp3) is 0.900. The molecule has 0 rings (SSSR count). The van der Waals surface area contributed by atoms with E-state index in [0.29, 0.717) is 31.6 Å². The van der Waals surface area contributed by atoms with Crippen molar-refractivity contribution < 1.29 is 80.2 Å². The molecule has 0 fully saturated rings. The van der Waals surface area contributed by atoms with Crippen LogP contribution in [0.25, 0.3) is 0 Å². The van der Waals surface area contributed by atoms with Gasteiger partial charge >= 0.3 is 39.5 Å². The maximum Gasteiger partial charge on any atom is 0.472 e. The molecule has 0 aromatic heterocycles. The first-order valence-electron chi connectivity index (χ1n) is 41.0. The van der Waals surface area contributed by atoms with Gasteiger partial charge in [0.2, 0.25) is 0 Å². The molecule has 17 nitrogen and oxygen atoms in total. The van der Waals surface area contributed by atoms with Gasteiger partial charge in [0.05, 0.1) is 26.4 Å². The maximum atomic E-state index is 13.1. The lowest BCUT2D eigenvalue weighted by Crippen LogP contribution is -2.30. The summed E-state index contributed by atoms with van der Waals surface area (Å²) in [6.07, 6.45) is 66.1. The van der Waals surface area contributed by atoms with Crippen molar-refractivity contribution in [2.24, 2.45) is 5.92 Å². The number of hydrogen-bond acceptors (Lipinski definition) is 15. The Morgan fingerprint density at radius 2 is 0.545 bits per heavy atom. The van der Waals surface area contributed by atoms with E-state index in [-0.39, 0.29) is 25.7 Å². The van der Waals surface area contributed by atoms with Crippen molar-refractivity contribution in [3.05, 3.63) is 24.3 Å². The number of phosphoric ester groups is 2. The maximum absolute atomic E-state index is 13.1. The average molecular weight is 1450 g/mol. The molecule has 0 radical (unpaired) electrons. The standard InChI is InChI=1S/C80H152O17P2/c1-6-9-12-15-18-21-24-27-30-31-32-33-34-36-39-42-45-50-56-61-66-79(84)96-75(69-90-77(82)63-58-53-48-43-40-38-35-28-25-22-19-16-13-10-7-2)71-94-98(86,87)92-67-74(81)68-93-99(88,89)95-72-76(70-91-78(83)64-59-54-51-46-47-52-57-62-73(4)5)97-80(85)65-60-55-49-44-41-37-29-26-23-20-17-14-11-8-3/h22,25,28,35,73-76,81H,6-21,23-24,26-27,29-34,36-72H2,1-5H3,(H,86,87)(H,88,89)/b25-22-,35-28-/t74-,75-,76-/m1/s1. The summed E-state index contributed by atoms with van der Waals surface area (Å²) in [5, 5.41) is 10.6. The minimum absolute atomic E-state index is 0.102. The van der Waals surface area contributed by atoms with Crippen LogP contribution in [0.4, 0.5) is 0 Å². The molecule has 0 amide bonds. The summed E-state index contributed by atoms with van der Waals surface area (Å²) >= 11 is 0.